The highest BCUT2D eigenvalue weighted by Crippen LogP contribution is 2.29. The van der Waals surface area contributed by atoms with Gasteiger partial charge in [0, 0.05) is 19.0 Å². The van der Waals surface area contributed by atoms with Crippen LogP contribution in [0.3, 0.4) is 0 Å². The van der Waals surface area contributed by atoms with Crippen LogP contribution < -0.4 is 5.32 Å². The Bertz CT molecular complexity index is 437. The standard InChI is InChI=1S/C20H34N2O/c1-16(2)5-4-6-17(3)9-12-22-13-10-18(11-14-22)15-21-20(23)19-7-8-19/h5,9,18-19H,4,6-8,10-15H2,1-3H3,(H,21,23)/b17-9+. The van der Waals surface area contributed by atoms with Crippen LogP contribution in [-0.2, 0) is 4.79 Å². The molecule has 1 aliphatic carbocycles. The van der Waals surface area contributed by atoms with Gasteiger partial charge in [-0.2, -0.15) is 0 Å². The van der Waals surface area contributed by atoms with E-state index in [0.29, 0.717) is 17.7 Å². The number of nitrogens with zero attached hydrogens (tertiary/aromatic N) is 1. The van der Waals surface area contributed by atoms with Crippen molar-refractivity contribution in [3.05, 3.63) is 23.3 Å². The summed E-state index contributed by atoms with van der Waals surface area (Å²) in [6.07, 6.45) is 11.7. The summed E-state index contributed by atoms with van der Waals surface area (Å²) in [4.78, 5) is 14.2. The second-order valence-electron chi connectivity index (χ2n) is 7.63. The third-order valence-electron chi connectivity index (χ3n) is 5.01. The number of rotatable bonds is 8. The monoisotopic (exact) mass is 318 g/mol. The highest BCUT2D eigenvalue weighted by atomic mass is 16.2. The van der Waals surface area contributed by atoms with Crippen LogP contribution in [0.15, 0.2) is 23.3 Å². The number of allylic oxidation sites excluding steroid dienone is 3. The van der Waals surface area contributed by atoms with Crippen LogP contribution in [0, 0.1) is 11.8 Å². The van der Waals surface area contributed by atoms with Gasteiger partial charge in [-0.25, -0.2) is 0 Å². The van der Waals surface area contributed by atoms with E-state index in [1.165, 1.54) is 43.5 Å². The molecule has 0 bridgehead atoms. The van der Waals surface area contributed by atoms with Crippen molar-refractivity contribution in [3.63, 3.8) is 0 Å². The van der Waals surface area contributed by atoms with Crippen molar-refractivity contribution in [2.75, 3.05) is 26.2 Å². The molecule has 1 saturated carbocycles. The second-order valence-corrected chi connectivity index (χ2v) is 7.63. The van der Waals surface area contributed by atoms with Crippen molar-refractivity contribution < 1.29 is 4.79 Å². The first-order valence-corrected chi connectivity index (χ1v) is 9.33. The molecule has 1 amide bonds. The third kappa shape index (κ3) is 7.34. The Labute approximate surface area is 142 Å². The Balaban J connectivity index is 1.58. The summed E-state index contributed by atoms with van der Waals surface area (Å²) in [5.74, 6) is 1.31. The number of hydrogen-bond donors (Lipinski definition) is 1. The molecule has 0 unspecified atom stereocenters. The number of nitrogens with one attached hydrogen (secondary N) is 1. The smallest absolute Gasteiger partial charge is 0.223 e. The summed E-state index contributed by atoms with van der Waals surface area (Å²) in [5, 5.41) is 3.14. The Morgan fingerprint density at radius 2 is 1.78 bits per heavy atom. The summed E-state index contributed by atoms with van der Waals surface area (Å²) >= 11 is 0. The zero-order valence-electron chi connectivity index (χ0n) is 15.2. The van der Waals surface area contributed by atoms with Gasteiger partial charge in [0.05, 0.1) is 0 Å². The van der Waals surface area contributed by atoms with Gasteiger partial charge in [-0.05, 0) is 78.3 Å². The lowest BCUT2D eigenvalue weighted by Gasteiger charge is -2.31. The molecule has 1 N–H and O–H groups in total. The van der Waals surface area contributed by atoms with Crippen molar-refractivity contribution in [1.29, 1.82) is 0 Å². The van der Waals surface area contributed by atoms with Gasteiger partial charge < -0.3 is 5.32 Å². The molecule has 1 heterocycles. The number of amides is 1. The molecule has 3 nitrogen and oxygen atoms in total. The van der Waals surface area contributed by atoms with E-state index in [1.54, 1.807) is 0 Å². The predicted molar refractivity (Wildman–Crippen MR) is 97.3 cm³/mol. The molecule has 3 heteroatoms. The molecule has 0 aromatic heterocycles. The average Bonchev–Trinajstić information content (AvgIpc) is 3.36. The zero-order chi connectivity index (χ0) is 16.7. The van der Waals surface area contributed by atoms with E-state index in [2.05, 4.69) is 43.1 Å². The molecule has 1 aliphatic heterocycles. The largest absolute Gasteiger partial charge is 0.356 e. The number of piperidine rings is 1. The van der Waals surface area contributed by atoms with Gasteiger partial charge in [0.25, 0.3) is 0 Å². The van der Waals surface area contributed by atoms with E-state index in [9.17, 15) is 4.79 Å². The summed E-state index contributed by atoms with van der Waals surface area (Å²) in [7, 11) is 0. The summed E-state index contributed by atoms with van der Waals surface area (Å²) in [6, 6.07) is 0. The van der Waals surface area contributed by atoms with Crippen molar-refractivity contribution >= 4 is 5.91 Å². The van der Waals surface area contributed by atoms with Gasteiger partial charge in [-0.3, -0.25) is 9.69 Å². The number of carbonyl (C=O) groups excluding carboxylic acids is 1. The van der Waals surface area contributed by atoms with Crippen LogP contribution in [-0.4, -0.2) is 37.0 Å². The predicted octanol–water partition coefficient (Wildman–Crippen LogP) is 3.92. The van der Waals surface area contributed by atoms with Gasteiger partial charge in [-0.1, -0.05) is 23.3 Å². The Kier molecular flexibility index (Phi) is 7.35. The molecule has 2 rings (SSSR count). The maximum absolute atomic E-state index is 11.7. The summed E-state index contributed by atoms with van der Waals surface area (Å²) < 4.78 is 0. The second kappa shape index (κ2) is 9.27. The van der Waals surface area contributed by atoms with Gasteiger partial charge in [0.1, 0.15) is 0 Å². The van der Waals surface area contributed by atoms with Gasteiger partial charge in [0.15, 0.2) is 0 Å². The lowest BCUT2D eigenvalue weighted by molar-refractivity contribution is -0.122. The molecule has 0 spiro atoms. The van der Waals surface area contributed by atoms with Crippen LogP contribution >= 0.6 is 0 Å². The molecule has 1 saturated heterocycles. The molecule has 2 fully saturated rings. The van der Waals surface area contributed by atoms with Crippen molar-refractivity contribution in [1.82, 2.24) is 10.2 Å². The Morgan fingerprint density at radius 3 is 2.39 bits per heavy atom. The first-order chi connectivity index (χ1) is 11.0. The van der Waals surface area contributed by atoms with Crippen LogP contribution in [0.4, 0.5) is 0 Å². The molecule has 0 aromatic rings. The number of carbonyl (C=O) groups is 1. The van der Waals surface area contributed by atoms with E-state index in [1.807, 2.05) is 0 Å². The average molecular weight is 319 g/mol. The van der Waals surface area contributed by atoms with Crippen molar-refractivity contribution in [2.45, 2.75) is 59.3 Å². The Morgan fingerprint density at radius 1 is 1.09 bits per heavy atom. The SMILES string of the molecule is CC(C)=CCC/C(C)=C/CN1CCC(CNC(=O)C2CC2)CC1. The molecule has 2 aliphatic rings. The minimum absolute atomic E-state index is 0.294. The highest BCUT2D eigenvalue weighted by molar-refractivity contribution is 5.80. The summed E-state index contributed by atoms with van der Waals surface area (Å²) in [5.41, 5.74) is 2.91. The topological polar surface area (TPSA) is 32.3 Å². The number of hydrogen-bond acceptors (Lipinski definition) is 2. The van der Waals surface area contributed by atoms with Crippen molar-refractivity contribution in [3.8, 4) is 0 Å². The highest BCUT2D eigenvalue weighted by Gasteiger charge is 2.30. The van der Waals surface area contributed by atoms with E-state index >= 15 is 0 Å². The van der Waals surface area contributed by atoms with Crippen molar-refractivity contribution in [2.24, 2.45) is 11.8 Å². The van der Waals surface area contributed by atoms with Gasteiger partial charge in [-0.15, -0.1) is 0 Å². The maximum Gasteiger partial charge on any atom is 0.223 e. The first kappa shape index (κ1) is 18.3. The molecule has 0 aromatic carbocycles. The first-order valence-electron chi connectivity index (χ1n) is 9.33. The minimum atomic E-state index is 0.294. The van der Waals surface area contributed by atoms with E-state index < -0.39 is 0 Å². The molecular formula is C20H34N2O. The fourth-order valence-corrected chi connectivity index (χ4v) is 3.08. The fourth-order valence-electron chi connectivity index (χ4n) is 3.08. The maximum atomic E-state index is 11.7. The fraction of sp³-hybridized carbons (Fsp3) is 0.750. The Hall–Kier alpha value is -1.09. The molecule has 130 valence electrons. The number of likely N-dealkylation sites (tertiary alicyclic amines) is 1. The quantitative estimate of drug-likeness (QED) is 0.688. The molecule has 0 radical (unpaired) electrons. The summed E-state index contributed by atoms with van der Waals surface area (Å²) in [6.45, 7) is 10.9. The van der Waals surface area contributed by atoms with E-state index in [-0.39, 0.29) is 0 Å². The van der Waals surface area contributed by atoms with Gasteiger partial charge >= 0.3 is 0 Å². The molecule has 0 atom stereocenters. The van der Waals surface area contributed by atoms with E-state index in [4.69, 9.17) is 0 Å². The zero-order valence-corrected chi connectivity index (χ0v) is 15.2. The third-order valence-corrected chi connectivity index (χ3v) is 5.01. The lowest BCUT2D eigenvalue weighted by Crippen LogP contribution is -2.39. The van der Waals surface area contributed by atoms with E-state index in [0.717, 1.165) is 32.4 Å². The van der Waals surface area contributed by atoms with Crippen LogP contribution in [0.2, 0.25) is 0 Å². The molecular weight excluding hydrogens is 284 g/mol. The van der Waals surface area contributed by atoms with Crippen LogP contribution in [0.5, 0.6) is 0 Å². The normalized spacial score (nSPS) is 20.4. The van der Waals surface area contributed by atoms with Crippen LogP contribution in [0.25, 0.3) is 0 Å². The minimum Gasteiger partial charge on any atom is -0.356 e. The van der Waals surface area contributed by atoms with Gasteiger partial charge in [0.2, 0.25) is 5.91 Å². The lowest BCUT2D eigenvalue weighted by atomic mass is 9.96. The molecule has 23 heavy (non-hydrogen) atoms. The van der Waals surface area contributed by atoms with Crippen LogP contribution in [0.1, 0.15) is 59.3 Å².